The van der Waals surface area contributed by atoms with Gasteiger partial charge in [0.05, 0.1) is 0 Å². The molecule has 0 spiro atoms. The van der Waals surface area contributed by atoms with Crippen molar-refractivity contribution in [3.05, 3.63) is 17.1 Å². The fourth-order valence-electron chi connectivity index (χ4n) is 2.32. The molecule has 1 aliphatic carbocycles. The molecule has 114 valence electrons. The maximum atomic E-state index is 12.6. The van der Waals surface area contributed by atoms with Gasteiger partial charge in [0, 0.05) is 17.6 Å². The first-order valence-corrected chi connectivity index (χ1v) is 8.61. The number of aryl methyl sites for hydroxylation is 2. The predicted molar refractivity (Wildman–Crippen MR) is 78.1 cm³/mol. The Labute approximate surface area is 121 Å². The number of hydrogen-bond acceptors (Lipinski definition) is 4. The average Bonchev–Trinajstić information content (AvgIpc) is 2.95. The molecule has 0 atom stereocenters. The van der Waals surface area contributed by atoms with Crippen LogP contribution in [-0.2, 0) is 16.6 Å². The third kappa shape index (κ3) is 3.24. The van der Waals surface area contributed by atoms with Crippen molar-refractivity contribution in [1.29, 1.82) is 0 Å². The minimum Gasteiger partial charge on any atom is -0.465 e. The van der Waals surface area contributed by atoms with Gasteiger partial charge in [-0.1, -0.05) is 6.92 Å². The van der Waals surface area contributed by atoms with Crippen LogP contribution in [0.25, 0.3) is 0 Å². The molecule has 1 fully saturated rings. The van der Waals surface area contributed by atoms with Crippen molar-refractivity contribution in [2.45, 2.75) is 63.9 Å². The van der Waals surface area contributed by atoms with Crippen molar-refractivity contribution in [3.63, 3.8) is 0 Å². The van der Waals surface area contributed by atoms with Gasteiger partial charge in [0.1, 0.15) is 16.4 Å². The highest BCUT2D eigenvalue weighted by Crippen LogP contribution is 2.37. The third-order valence-electron chi connectivity index (χ3n) is 3.70. The molecular formula is C14H24N2O3S. The molecule has 20 heavy (non-hydrogen) atoms. The Kier molecular flexibility index (Phi) is 4.27. The van der Waals surface area contributed by atoms with Gasteiger partial charge in [-0.05, 0) is 46.6 Å². The molecule has 5 nitrogen and oxygen atoms in total. The smallest absolute Gasteiger partial charge is 0.244 e. The summed E-state index contributed by atoms with van der Waals surface area (Å²) in [5.41, 5.74) is 0.470. The summed E-state index contributed by atoms with van der Waals surface area (Å²) in [6.45, 7) is 8.90. The Bertz CT molecular complexity index is 586. The van der Waals surface area contributed by atoms with E-state index < -0.39 is 10.0 Å². The van der Waals surface area contributed by atoms with Gasteiger partial charge < -0.3 is 9.73 Å². The van der Waals surface area contributed by atoms with Crippen LogP contribution in [-0.4, -0.2) is 20.5 Å². The van der Waals surface area contributed by atoms with Crippen molar-refractivity contribution in [1.82, 2.24) is 10.0 Å². The molecule has 0 aliphatic heterocycles. The van der Waals surface area contributed by atoms with Crippen LogP contribution in [0.1, 0.15) is 50.2 Å². The number of furan rings is 1. The Morgan fingerprint density at radius 1 is 1.25 bits per heavy atom. The van der Waals surface area contributed by atoms with Crippen molar-refractivity contribution in [2.24, 2.45) is 0 Å². The molecule has 6 heteroatoms. The van der Waals surface area contributed by atoms with Gasteiger partial charge >= 0.3 is 0 Å². The van der Waals surface area contributed by atoms with Gasteiger partial charge in [-0.3, -0.25) is 0 Å². The van der Waals surface area contributed by atoms with Crippen LogP contribution < -0.4 is 10.0 Å². The summed E-state index contributed by atoms with van der Waals surface area (Å²) in [6, 6.07) is 0. The van der Waals surface area contributed by atoms with E-state index in [4.69, 9.17) is 4.42 Å². The molecule has 2 rings (SSSR count). The van der Waals surface area contributed by atoms with Crippen LogP contribution in [0.5, 0.6) is 0 Å². The Hall–Kier alpha value is -0.850. The summed E-state index contributed by atoms with van der Waals surface area (Å²) >= 11 is 0. The molecule has 0 saturated heterocycles. The summed E-state index contributed by atoms with van der Waals surface area (Å²) in [5.74, 6) is 1.14. The van der Waals surface area contributed by atoms with E-state index >= 15 is 0 Å². The minimum atomic E-state index is -3.52. The second-order valence-electron chi connectivity index (χ2n) is 5.87. The second-order valence-corrected chi connectivity index (χ2v) is 7.48. The second kappa shape index (κ2) is 5.50. The first-order valence-electron chi connectivity index (χ1n) is 7.12. The van der Waals surface area contributed by atoms with E-state index in [1.54, 1.807) is 6.92 Å². The first-order chi connectivity index (χ1) is 9.29. The summed E-state index contributed by atoms with van der Waals surface area (Å²) < 4.78 is 33.5. The Balaban J connectivity index is 2.29. The molecule has 0 unspecified atom stereocenters. The highest BCUT2D eigenvalue weighted by atomic mass is 32.2. The number of nitrogens with one attached hydrogen (secondary N) is 2. The van der Waals surface area contributed by atoms with E-state index in [0.29, 0.717) is 23.0 Å². The molecule has 1 aromatic heterocycles. The van der Waals surface area contributed by atoms with E-state index in [0.717, 1.165) is 31.4 Å². The molecule has 2 N–H and O–H groups in total. The molecule has 1 saturated carbocycles. The zero-order valence-electron chi connectivity index (χ0n) is 12.7. The van der Waals surface area contributed by atoms with Crippen LogP contribution in [0.15, 0.2) is 9.31 Å². The van der Waals surface area contributed by atoms with Crippen LogP contribution in [0.2, 0.25) is 0 Å². The van der Waals surface area contributed by atoms with E-state index in [1.165, 1.54) is 0 Å². The average molecular weight is 300 g/mol. The van der Waals surface area contributed by atoms with Crippen molar-refractivity contribution < 1.29 is 12.8 Å². The van der Waals surface area contributed by atoms with Crippen molar-refractivity contribution in [2.75, 3.05) is 6.54 Å². The maximum absolute atomic E-state index is 12.6. The van der Waals surface area contributed by atoms with Crippen LogP contribution in [0.4, 0.5) is 0 Å². The lowest BCUT2D eigenvalue weighted by Crippen LogP contribution is -2.35. The van der Waals surface area contributed by atoms with Crippen LogP contribution in [0, 0.1) is 13.8 Å². The summed E-state index contributed by atoms with van der Waals surface area (Å²) in [6.07, 6.45) is 2.80. The van der Waals surface area contributed by atoms with Crippen molar-refractivity contribution in [3.8, 4) is 0 Å². The lowest BCUT2D eigenvalue weighted by Gasteiger charge is -2.13. The topological polar surface area (TPSA) is 71.3 Å². The Morgan fingerprint density at radius 3 is 2.45 bits per heavy atom. The molecular weight excluding hydrogens is 276 g/mol. The van der Waals surface area contributed by atoms with Crippen LogP contribution >= 0.6 is 0 Å². The van der Waals surface area contributed by atoms with E-state index in [2.05, 4.69) is 17.0 Å². The fraction of sp³-hybridized carbons (Fsp3) is 0.714. The number of hydrogen-bond donors (Lipinski definition) is 2. The molecule has 1 aliphatic rings. The normalized spacial score (nSPS) is 17.4. The first kappa shape index (κ1) is 15.5. The van der Waals surface area contributed by atoms with Gasteiger partial charge in [0.25, 0.3) is 0 Å². The van der Waals surface area contributed by atoms with Crippen LogP contribution in [0.3, 0.4) is 0 Å². The van der Waals surface area contributed by atoms with Gasteiger partial charge in [-0.2, -0.15) is 0 Å². The zero-order valence-corrected chi connectivity index (χ0v) is 13.5. The molecule has 1 heterocycles. The summed E-state index contributed by atoms with van der Waals surface area (Å²) in [4.78, 5) is 0.312. The fourth-order valence-corrected chi connectivity index (χ4v) is 4.24. The van der Waals surface area contributed by atoms with E-state index in [-0.39, 0.29) is 5.54 Å². The summed E-state index contributed by atoms with van der Waals surface area (Å²) in [5, 5.41) is 3.24. The largest absolute Gasteiger partial charge is 0.465 e. The van der Waals surface area contributed by atoms with Gasteiger partial charge in [0.15, 0.2) is 0 Å². The maximum Gasteiger partial charge on any atom is 0.244 e. The van der Waals surface area contributed by atoms with E-state index in [1.807, 2.05) is 13.8 Å². The lowest BCUT2D eigenvalue weighted by molar-refractivity contribution is 0.492. The third-order valence-corrected chi connectivity index (χ3v) is 5.54. The Morgan fingerprint density at radius 2 is 1.90 bits per heavy atom. The minimum absolute atomic E-state index is 0.273. The zero-order chi connectivity index (χ0) is 15.0. The van der Waals surface area contributed by atoms with Gasteiger partial charge in [-0.25, -0.2) is 13.1 Å². The van der Waals surface area contributed by atoms with Gasteiger partial charge in [-0.15, -0.1) is 0 Å². The SMILES string of the molecule is CCCNCc1c(C)oc(C)c1S(=O)(=O)NC1(C)CC1. The summed E-state index contributed by atoms with van der Waals surface area (Å²) in [7, 11) is -3.52. The number of sulfonamides is 1. The predicted octanol–water partition coefficient (Wildman–Crippen LogP) is 2.23. The molecule has 1 aromatic rings. The van der Waals surface area contributed by atoms with Gasteiger partial charge in [0.2, 0.25) is 10.0 Å². The number of rotatable bonds is 7. The quantitative estimate of drug-likeness (QED) is 0.758. The molecule has 0 amide bonds. The highest BCUT2D eigenvalue weighted by Gasteiger charge is 2.42. The molecule has 0 aromatic carbocycles. The molecule has 0 radical (unpaired) electrons. The highest BCUT2D eigenvalue weighted by molar-refractivity contribution is 7.89. The monoisotopic (exact) mass is 300 g/mol. The van der Waals surface area contributed by atoms with E-state index in [9.17, 15) is 8.42 Å². The molecule has 0 bridgehead atoms. The standard InChI is InChI=1S/C14H24N2O3S/c1-5-8-15-9-12-10(2)19-11(3)13(12)20(17,18)16-14(4)6-7-14/h15-16H,5-9H2,1-4H3. The lowest BCUT2D eigenvalue weighted by atomic mass is 10.2. The van der Waals surface area contributed by atoms with Crippen molar-refractivity contribution >= 4 is 10.0 Å².